The molecule has 3 rings (SSSR count). The predicted molar refractivity (Wildman–Crippen MR) is 101 cm³/mol. The van der Waals surface area contributed by atoms with Gasteiger partial charge in [-0.25, -0.2) is 4.79 Å². The molecule has 0 aliphatic carbocycles. The van der Waals surface area contributed by atoms with Gasteiger partial charge in [0.2, 0.25) is 0 Å². The second-order valence-corrected chi connectivity index (χ2v) is 6.51. The third-order valence-corrected chi connectivity index (χ3v) is 4.39. The second kappa shape index (κ2) is 7.61. The average Bonchev–Trinajstić information content (AvgIpc) is 2.97. The molecule has 0 atom stereocenters. The van der Waals surface area contributed by atoms with Crippen LogP contribution in [0.1, 0.15) is 16.1 Å². The van der Waals surface area contributed by atoms with Gasteiger partial charge in [-0.3, -0.25) is 4.68 Å². The van der Waals surface area contributed by atoms with Crippen LogP contribution in [0.15, 0.2) is 53.0 Å². The molecule has 0 saturated heterocycles. The first kappa shape index (κ1) is 18.0. The third-order valence-electron chi connectivity index (χ3n) is 3.87. The van der Waals surface area contributed by atoms with E-state index in [9.17, 15) is 9.90 Å². The molecule has 6 nitrogen and oxygen atoms in total. The molecular weight excluding hydrogens is 400 g/mol. The van der Waals surface area contributed by atoms with Crippen molar-refractivity contribution in [2.75, 3.05) is 7.11 Å². The Balaban J connectivity index is 1.95. The van der Waals surface area contributed by atoms with Gasteiger partial charge in [0.1, 0.15) is 18.1 Å². The van der Waals surface area contributed by atoms with Crippen LogP contribution in [0.2, 0.25) is 0 Å². The Morgan fingerprint density at radius 3 is 2.38 bits per heavy atom. The van der Waals surface area contributed by atoms with E-state index in [0.29, 0.717) is 5.69 Å². The van der Waals surface area contributed by atoms with E-state index in [1.54, 1.807) is 14.2 Å². The average molecular weight is 417 g/mol. The SMILES string of the molecule is COc1ccc(COc2c(-c3ccc(Br)cc3)nn(C)c2C(=O)O)cc1. The Bertz CT molecular complexity index is 918. The summed E-state index contributed by atoms with van der Waals surface area (Å²) >= 11 is 3.39. The number of hydrogen-bond donors (Lipinski definition) is 1. The molecule has 26 heavy (non-hydrogen) atoms. The standard InChI is InChI=1S/C19H17BrN2O4/c1-22-17(19(23)24)18(16(21-22)13-5-7-14(20)8-6-13)26-11-12-3-9-15(25-2)10-4-12/h3-10H,11H2,1-2H3,(H,23,24). The maximum Gasteiger partial charge on any atom is 0.358 e. The monoisotopic (exact) mass is 416 g/mol. The Kier molecular flexibility index (Phi) is 5.27. The molecule has 3 aromatic rings. The summed E-state index contributed by atoms with van der Waals surface area (Å²) in [6.07, 6.45) is 0. The molecule has 0 radical (unpaired) electrons. The number of aromatic carboxylic acids is 1. The van der Waals surface area contributed by atoms with Crippen molar-refractivity contribution >= 4 is 21.9 Å². The summed E-state index contributed by atoms with van der Waals surface area (Å²) < 4.78 is 13.3. The Labute approximate surface area is 159 Å². The normalized spacial score (nSPS) is 10.6. The summed E-state index contributed by atoms with van der Waals surface area (Å²) in [5.74, 6) is -0.0943. The molecule has 1 N–H and O–H groups in total. The lowest BCUT2D eigenvalue weighted by Crippen LogP contribution is -2.08. The van der Waals surface area contributed by atoms with Crippen LogP contribution in [-0.2, 0) is 13.7 Å². The van der Waals surface area contributed by atoms with E-state index in [0.717, 1.165) is 21.3 Å². The smallest absolute Gasteiger partial charge is 0.358 e. The van der Waals surface area contributed by atoms with Crippen molar-refractivity contribution in [2.24, 2.45) is 7.05 Å². The number of hydrogen-bond acceptors (Lipinski definition) is 4. The molecule has 0 aliphatic heterocycles. The van der Waals surface area contributed by atoms with Crippen molar-refractivity contribution < 1.29 is 19.4 Å². The second-order valence-electron chi connectivity index (χ2n) is 5.60. The molecule has 2 aromatic carbocycles. The fraction of sp³-hybridized carbons (Fsp3) is 0.158. The summed E-state index contributed by atoms with van der Waals surface area (Å²) in [5, 5.41) is 13.9. The lowest BCUT2D eigenvalue weighted by Gasteiger charge is -2.09. The maximum absolute atomic E-state index is 11.7. The van der Waals surface area contributed by atoms with E-state index in [-0.39, 0.29) is 18.1 Å². The molecule has 1 heterocycles. The predicted octanol–water partition coefficient (Wildman–Crippen LogP) is 4.14. The molecule has 0 spiro atoms. The molecule has 0 amide bonds. The number of carboxylic acid groups (broad SMARTS) is 1. The van der Waals surface area contributed by atoms with Crippen LogP contribution >= 0.6 is 15.9 Å². The number of halogens is 1. The number of rotatable bonds is 6. The van der Waals surface area contributed by atoms with Gasteiger partial charge in [-0.2, -0.15) is 5.10 Å². The van der Waals surface area contributed by atoms with Gasteiger partial charge in [0.15, 0.2) is 11.4 Å². The lowest BCUT2D eigenvalue weighted by atomic mass is 10.1. The number of ether oxygens (including phenoxy) is 2. The maximum atomic E-state index is 11.7. The molecule has 0 saturated carbocycles. The van der Waals surface area contributed by atoms with Gasteiger partial charge >= 0.3 is 5.97 Å². The highest BCUT2D eigenvalue weighted by Crippen LogP contribution is 2.33. The lowest BCUT2D eigenvalue weighted by molar-refractivity contribution is 0.0679. The highest BCUT2D eigenvalue weighted by Gasteiger charge is 2.24. The van der Waals surface area contributed by atoms with Crippen LogP contribution < -0.4 is 9.47 Å². The highest BCUT2D eigenvalue weighted by molar-refractivity contribution is 9.10. The van der Waals surface area contributed by atoms with E-state index in [1.165, 1.54) is 4.68 Å². The molecule has 0 unspecified atom stereocenters. The third kappa shape index (κ3) is 3.72. The van der Waals surface area contributed by atoms with Crippen LogP contribution in [0, 0.1) is 0 Å². The Hall–Kier alpha value is -2.80. The minimum absolute atomic E-state index is 0.0106. The van der Waals surface area contributed by atoms with Crippen LogP contribution in [0.5, 0.6) is 11.5 Å². The van der Waals surface area contributed by atoms with Gasteiger partial charge in [-0.05, 0) is 29.8 Å². The summed E-state index contributed by atoms with van der Waals surface area (Å²) in [6, 6.07) is 14.9. The minimum Gasteiger partial charge on any atom is -0.497 e. The number of nitrogens with zero attached hydrogens (tertiary/aromatic N) is 2. The van der Waals surface area contributed by atoms with Crippen molar-refractivity contribution in [3.8, 4) is 22.8 Å². The van der Waals surface area contributed by atoms with Gasteiger partial charge < -0.3 is 14.6 Å². The summed E-state index contributed by atoms with van der Waals surface area (Å²) in [7, 11) is 3.19. The zero-order valence-electron chi connectivity index (χ0n) is 14.3. The Morgan fingerprint density at radius 1 is 1.15 bits per heavy atom. The first-order valence-electron chi connectivity index (χ1n) is 7.81. The molecule has 1 aromatic heterocycles. The zero-order valence-corrected chi connectivity index (χ0v) is 15.9. The van der Waals surface area contributed by atoms with Crippen molar-refractivity contribution in [2.45, 2.75) is 6.61 Å². The van der Waals surface area contributed by atoms with E-state index >= 15 is 0 Å². The molecule has 0 bridgehead atoms. The minimum atomic E-state index is -1.09. The van der Waals surface area contributed by atoms with Crippen molar-refractivity contribution in [1.29, 1.82) is 0 Å². The number of aromatic nitrogens is 2. The van der Waals surface area contributed by atoms with Crippen molar-refractivity contribution in [3.63, 3.8) is 0 Å². The number of aryl methyl sites for hydroxylation is 1. The largest absolute Gasteiger partial charge is 0.497 e. The summed E-state index contributed by atoms with van der Waals surface area (Å²) in [5.41, 5.74) is 2.18. The van der Waals surface area contributed by atoms with Gasteiger partial charge in [0, 0.05) is 17.1 Å². The summed E-state index contributed by atoms with van der Waals surface area (Å²) in [4.78, 5) is 11.7. The van der Waals surface area contributed by atoms with Gasteiger partial charge in [0.25, 0.3) is 0 Å². The van der Waals surface area contributed by atoms with E-state index in [2.05, 4.69) is 21.0 Å². The van der Waals surface area contributed by atoms with Crippen molar-refractivity contribution in [1.82, 2.24) is 9.78 Å². The number of benzene rings is 2. The highest BCUT2D eigenvalue weighted by atomic mass is 79.9. The van der Waals surface area contributed by atoms with E-state index in [1.807, 2.05) is 48.5 Å². The van der Waals surface area contributed by atoms with Crippen LogP contribution in [0.25, 0.3) is 11.3 Å². The fourth-order valence-electron chi connectivity index (χ4n) is 2.55. The number of carboxylic acids is 1. The molecule has 0 fully saturated rings. The van der Waals surface area contributed by atoms with E-state index in [4.69, 9.17) is 9.47 Å². The number of methoxy groups -OCH3 is 1. The Morgan fingerprint density at radius 2 is 1.81 bits per heavy atom. The van der Waals surface area contributed by atoms with Crippen molar-refractivity contribution in [3.05, 3.63) is 64.3 Å². The first-order chi connectivity index (χ1) is 12.5. The molecule has 134 valence electrons. The van der Waals surface area contributed by atoms with Crippen LogP contribution in [0.3, 0.4) is 0 Å². The molecular formula is C19H17BrN2O4. The van der Waals surface area contributed by atoms with Gasteiger partial charge in [-0.15, -0.1) is 0 Å². The van der Waals surface area contributed by atoms with E-state index < -0.39 is 5.97 Å². The van der Waals surface area contributed by atoms with Gasteiger partial charge in [0.05, 0.1) is 7.11 Å². The number of carbonyl (C=O) groups is 1. The fourth-order valence-corrected chi connectivity index (χ4v) is 2.81. The van der Waals surface area contributed by atoms with Crippen LogP contribution in [0.4, 0.5) is 0 Å². The van der Waals surface area contributed by atoms with Crippen LogP contribution in [-0.4, -0.2) is 28.0 Å². The topological polar surface area (TPSA) is 73.6 Å². The molecule has 0 aliphatic rings. The molecule has 7 heteroatoms. The summed E-state index contributed by atoms with van der Waals surface area (Å²) in [6.45, 7) is 0.222. The van der Waals surface area contributed by atoms with Gasteiger partial charge in [-0.1, -0.05) is 40.2 Å². The first-order valence-corrected chi connectivity index (χ1v) is 8.61. The zero-order chi connectivity index (χ0) is 18.7. The quantitative estimate of drug-likeness (QED) is 0.653.